The molecule has 0 unspecified atom stereocenters. The normalized spacial score (nSPS) is 20.1. The van der Waals surface area contributed by atoms with Gasteiger partial charge in [0.1, 0.15) is 10.6 Å². The maximum Gasteiger partial charge on any atom is 0.244 e. The molecule has 110 valence electrons. The topological polar surface area (TPSA) is 102 Å². The van der Waals surface area contributed by atoms with E-state index in [1.54, 1.807) is 6.07 Å². The van der Waals surface area contributed by atoms with Crippen LogP contribution in [0.4, 0.5) is 5.69 Å². The molecule has 1 aromatic carbocycles. The lowest BCUT2D eigenvalue weighted by Crippen LogP contribution is -2.39. The molecule has 0 spiro atoms. The number of aliphatic hydroxyl groups excluding tert-OH is 1. The van der Waals surface area contributed by atoms with E-state index in [2.05, 4.69) is 4.72 Å². The highest BCUT2D eigenvalue weighted by atomic mass is 32.2. The van der Waals surface area contributed by atoms with Crippen molar-refractivity contribution in [1.29, 1.82) is 0 Å². The Morgan fingerprint density at radius 2 is 2.15 bits per heavy atom. The van der Waals surface area contributed by atoms with Crippen LogP contribution >= 0.6 is 0 Å². The lowest BCUT2D eigenvalue weighted by molar-refractivity contribution is 0.246. The lowest BCUT2D eigenvalue weighted by atomic mass is 10.1. The molecule has 1 fully saturated rings. The highest BCUT2D eigenvalue weighted by molar-refractivity contribution is 7.89. The summed E-state index contributed by atoms with van der Waals surface area (Å²) < 4.78 is 33.1. The fraction of sp³-hybridized carbons (Fsp3) is 0.538. The first kappa shape index (κ1) is 13.7. The summed E-state index contributed by atoms with van der Waals surface area (Å²) in [5.74, 6) is 0.395. The van der Waals surface area contributed by atoms with E-state index in [4.69, 9.17) is 10.5 Å². The van der Waals surface area contributed by atoms with Gasteiger partial charge in [-0.1, -0.05) is 0 Å². The summed E-state index contributed by atoms with van der Waals surface area (Å²) in [6.45, 7) is 0.308. The molecule has 1 aliphatic heterocycles. The van der Waals surface area contributed by atoms with Crippen LogP contribution in [0.1, 0.15) is 24.8 Å². The molecule has 0 bridgehead atoms. The Bertz CT molecular complexity index is 638. The van der Waals surface area contributed by atoms with Crippen LogP contribution in [-0.2, 0) is 16.4 Å². The second-order valence-electron chi connectivity index (χ2n) is 5.50. The van der Waals surface area contributed by atoms with Crippen LogP contribution in [0.15, 0.2) is 17.0 Å². The molecule has 20 heavy (non-hydrogen) atoms. The van der Waals surface area contributed by atoms with Crippen LogP contribution in [0.2, 0.25) is 0 Å². The van der Waals surface area contributed by atoms with E-state index in [1.807, 2.05) is 0 Å². The SMILES string of the molecule is Nc1cc2c(c(S(=O)(=O)NC3(CO)CC3)c1)OCCC2. The maximum absolute atomic E-state index is 12.5. The number of nitrogen functional groups attached to an aromatic ring is 1. The summed E-state index contributed by atoms with van der Waals surface area (Å²) in [5, 5.41) is 9.28. The Balaban J connectivity index is 2.02. The van der Waals surface area contributed by atoms with Crippen molar-refractivity contribution in [3.8, 4) is 5.75 Å². The largest absolute Gasteiger partial charge is 0.492 e. The molecule has 4 N–H and O–H groups in total. The number of hydrogen-bond donors (Lipinski definition) is 3. The summed E-state index contributed by atoms with van der Waals surface area (Å²) in [6, 6.07) is 3.17. The number of aliphatic hydroxyl groups is 1. The van der Waals surface area contributed by atoms with Crippen molar-refractivity contribution in [3.05, 3.63) is 17.7 Å². The van der Waals surface area contributed by atoms with Gasteiger partial charge in [0.25, 0.3) is 0 Å². The monoisotopic (exact) mass is 298 g/mol. The van der Waals surface area contributed by atoms with Crippen LogP contribution in [0.3, 0.4) is 0 Å². The molecule has 1 aromatic rings. The summed E-state index contributed by atoms with van der Waals surface area (Å²) in [6.07, 6.45) is 2.90. The Kier molecular flexibility index (Phi) is 3.15. The third kappa shape index (κ3) is 2.36. The van der Waals surface area contributed by atoms with E-state index in [-0.39, 0.29) is 11.5 Å². The van der Waals surface area contributed by atoms with Gasteiger partial charge < -0.3 is 15.6 Å². The van der Waals surface area contributed by atoms with Crippen molar-refractivity contribution in [2.75, 3.05) is 18.9 Å². The molecule has 1 heterocycles. The summed E-state index contributed by atoms with van der Waals surface area (Å²) >= 11 is 0. The minimum atomic E-state index is -3.75. The second-order valence-corrected chi connectivity index (χ2v) is 7.15. The average molecular weight is 298 g/mol. The fourth-order valence-corrected chi connectivity index (χ4v) is 4.13. The van der Waals surface area contributed by atoms with Gasteiger partial charge in [-0.3, -0.25) is 0 Å². The van der Waals surface area contributed by atoms with Crippen molar-refractivity contribution in [2.45, 2.75) is 36.1 Å². The van der Waals surface area contributed by atoms with E-state index in [1.165, 1.54) is 6.07 Å². The van der Waals surface area contributed by atoms with Gasteiger partial charge in [-0.05, 0) is 43.4 Å². The second kappa shape index (κ2) is 4.61. The number of sulfonamides is 1. The smallest absolute Gasteiger partial charge is 0.244 e. The van der Waals surface area contributed by atoms with Crippen LogP contribution in [0.5, 0.6) is 5.75 Å². The van der Waals surface area contributed by atoms with Crippen molar-refractivity contribution >= 4 is 15.7 Å². The van der Waals surface area contributed by atoms with Gasteiger partial charge in [-0.25, -0.2) is 13.1 Å². The number of anilines is 1. The third-order valence-corrected chi connectivity index (χ3v) is 5.37. The zero-order valence-corrected chi connectivity index (χ0v) is 11.9. The molecule has 0 aromatic heterocycles. The highest BCUT2D eigenvalue weighted by Crippen LogP contribution is 2.39. The molecule has 1 aliphatic carbocycles. The fourth-order valence-electron chi connectivity index (χ4n) is 2.45. The number of nitrogens with one attached hydrogen (secondary N) is 1. The molecule has 0 amide bonds. The molecule has 2 aliphatic rings. The summed E-state index contributed by atoms with van der Waals surface area (Å²) in [7, 11) is -3.75. The van der Waals surface area contributed by atoms with Gasteiger partial charge in [0.15, 0.2) is 0 Å². The number of fused-ring (bicyclic) bond motifs is 1. The Labute approximate surface area is 118 Å². The lowest BCUT2D eigenvalue weighted by Gasteiger charge is -2.22. The molecule has 1 saturated carbocycles. The highest BCUT2D eigenvalue weighted by Gasteiger charge is 2.46. The predicted molar refractivity (Wildman–Crippen MR) is 74.0 cm³/mol. The van der Waals surface area contributed by atoms with Gasteiger partial charge >= 0.3 is 0 Å². The third-order valence-electron chi connectivity index (χ3n) is 3.79. The van der Waals surface area contributed by atoms with Gasteiger partial charge in [-0.2, -0.15) is 0 Å². The first-order valence-corrected chi connectivity index (χ1v) is 8.14. The number of aryl methyl sites for hydroxylation is 1. The van der Waals surface area contributed by atoms with E-state index >= 15 is 0 Å². The zero-order valence-electron chi connectivity index (χ0n) is 11.1. The molecule has 0 atom stereocenters. The van der Waals surface area contributed by atoms with Gasteiger partial charge in [0.05, 0.1) is 18.8 Å². The zero-order chi connectivity index (χ0) is 14.4. The van der Waals surface area contributed by atoms with Crippen LogP contribution in [0.25, 0.3) is 0 Å². The summed E-state index contributed by atoms with van der Waals surface area (Å²) in [5.41, 5.74) is 6.32. The first-order valence-electron chi connectivity index (χ1n) is 6.66. The molecular formula is C13H18N2O4S. The molecule has 7 heteroatoms. The van der Waals surface area contributed by atoms with Crippen LogP contribution in [-0.4, -0.2) is 32.3 Å². The molecule has 3 rings (SSSR count). The first-order chi connectivity index (χ1) is 9.46. The number of rotatable bonds is 4. The van der Waals surface area contributed by atoms with Crippen LogP contribution < -0.4 is 15.2 Å². The number of benzene rings is 1. The number of hydrogen-bond acceptors (Lipinski definition) is 5. The van der Waals surface area contributed by atoms with E-state index in [0.717, 1.165) is 18.4 Å². The molecule has 0 saturated heterocycles. The van der Waals surface area contributed by atoms with E-state index < -0.39 is 15.6 Å². The van der Waals surface area contributed by atoms with Crippen molar-refractivity contribution in [3.63, 3.8) is 0 Å². The predicted octanol–water partition coefficient (Wildman–Crippen LogP) is 0.397. The quantitative estimate of drug-likeness (QED) is 0.698. The Morgan fingerprint density at radius 1 is 1.40 bits per heavy atom. The Hall–Kier alpha value is -1.31. The van der Waals surface area contributed by atoms with E-state index in [0.29, 0.717) is 30.9 Å². The van der Waals surface area contributed by atoms with E-state index in [9.17, 15) is 13.5 Å². The minimum absolute atomic E-state index is 0.0759. The minimum Gasteiger partial charge on any atom is -0.492 e. The standard InChI is InChI=1S/C13H18N2O4S/c14-10-6-9-2-1-5-19-12(9)11(7-10)20(17,18)15-13(8-16)3-4-13/h6-7,15-16H,1-5,8,14H2. The average Bonchev–Trinajstić information content (AvgIpc) is 3.17. The molecule has 6 nitrogen and oxygen atoms in total. The van der Waals surface area contributed by atoms with Crippen molar-refractivity contribution in [2.24, 2.45) is 0 Å². The number of nitrogens with two attached hydrogens (primary N) is 1. The van der Waals surface area contributed by atoms with Gasteiger partial charge in [-0.15, -0.1) is 0 Å². The molecule has 0 radical (unpaired) electrons. The maximum atomic E-state index is 12.5. The Morgan fingerprint density at radius 3 is 2.80 bits per heavy atom. The van der Waals surface area contributed by atoms with Gasteiger partial charge in [0.2, 0.25) is 10.0 Å². The summed E-state index contributed by atoms with van der Waals surface area (Å²) in [4.78, 5) is 0.0759. The van der Waals surface area contributed by atoms with Crippen molar-refractivity contribution in [1.82, 2.24) is 4.72 Å². The molecular weight excluding hydrogens is 280 g/mol. The van der Waals surface area contributed by atoms with Crippen molar-refractivity contribution < 1.29 is 18.3 Å². The number of ether oxygens (including phenoxy) is 1. The van der Waals surface area contributed by atoms with Crippen LogP contribution in [0, 0.1) is 0 Å². The van der Waals surface area contributed by atoms with Gasteiger partial charge in [0, 0.05) is 5.69 Å².